The molecule has 1 atom stereocenters. The van der Waals surface area contributed by atoms with Crippen LogP contribution in [-0.4, -0.2) is 8.07 Å². The van der Waals surface area contributed by atoms with Crippen LogP contribution in [0.15, 0.2) is 22.8 Å². The predicted molar refractivity (Wildman–Crippen MR) is 74.7 cm³/mol. The Labute approximate surface area is 119 Å². The third-order valence-corrected chi connectivity index (χ3v) is 8.96. The maximum atomic E-state index is 2.58. The Morgan fingerprint density at radius 1 is 1.29 bits per heavy atom. The normalized spacial score (nSPS) is 29.2. The Hall–Kier alpha value is 0.411. The first-order valence-corrected chi connectivity index (χ1v) is 11.2. The molecule has 0 fully saturated rings. The van der Waals surface area contributed by atoms with Gasteiger partial charge in [-0.2, -0.15) is 0 Å². The van der Waals surface area contributed by atoms with Crippen molar-refractivity contribution in [2.75, 3.05) is 0 Å². The van der Waals surface area contributed by atoms with Gasteiger partial charge in [-0.3, -0.25) is 0 Å². The Balaban J connectivity index is 2.22. The van der Waals surface area contributed by atoms with Crippen molar-refractivity contribution in [2.24, 2.45) is 0 Å². The SMILES string of the molecule is CC[Si](C)(C)CC1=CC2=C(CCCC2)[C]1(C)[Ti]. The zero-order valence-corrected chi connectivity index (χ0v) is 14.4. The van der Waals surface area contributed by atoms with E-state index in [0.29, 0.717) is 3.72 Å². The molecule has 2 rings (SSSR count). The number of rotatable bonds is 3. The molecule has 0 saturated carbocycles. The van der Waals surface area contributed by atoms with Gasteiger partial charge in [0.2, 0.25) is 0 Å². The topological polar surface area (TPSA) is 0 Å². The molecule has 1 unspecified atom stereocenters. The fourth-order valence-electron chi connectivity index (χ4n) is 3.08. The average Bonchev–Trinajstić information content (AvgIpc) is 2.51. The van der Waals surface area contributed by atoms with Crippen molar-refractivity contribution in [1.29, 1.82) is 0 Å². The Morgan fingerprint density at radius 2 is 1.94 bits per heavy atom. The molecule has 0 bridgehead atoms. The molecule has 0 amide bonds. The monoisotopic (exact) mass is 281 g/mol. The van der Waals surface area contributed by atoms with Crippen molar-refractivity contribution in [1.82, 2.24) is 0 Å². The Bertz CT molecular complexity index is 374. The van der Waals surface area contributed by atoms with E-state index < -0.39 is 8.07 Å². The Kier molecular flexibility index (Phi) is 3.93. The van der Waals surface area contributed by atoms with E-state index in [-0.39, 0.29) is 0 Å². The van der Waals surface area contributed by atoms with Gasteiger partial charge in [0.05, 0.1) is 0 Å². The van der Waals surface area contributed by atoms with Gasteiger partial charge < -0.3 is 0 Å². The summed E-state index contributed by atoms with van der Waals surface area (Å²) < 4.78 is 0.384. The predicted octanol–water partition coefficient (Wildman–Crippen LogP) is 5.25. The van der Waals surface area contributed by atoms with E-state index in [9.17, 15) is 0 Å². The van der Waals surface area contributed by atoms with Crippen molar-refractivity contribution in [2.45, 2.75) is 68.4 Å². The number of hydrogen-bond acceptors (Lipinski definition) is 0. The zero-order chi connectivity index (χ0) is 12.7. The van der Waals surface area contributed by atoms with Crippen molar-refractivity contribution in [3.63, 3.8) is 0 Å². The van der Waals surface area contributed by atoms with Crippen LogP contribution in [0.3, 0.4) is 0 Å². The summed E-state index contributed by atoms with van der Waals surface area (Å²) in [6, 6.07) is 2.81. The summed E-state index contributed by atoms with van der Waals surface area (Å²) in [5, 5.41) is 0. The third-order valence-electron chi connectivity index (χ3n) is 4.73. The summed E-state index contributed by atoms with van der Waals surface area (Å²) >= 11 is 2.46. The molecule has 0 radical (unpaired) electrons. The summed E-state index contributed by atoms with van der Waals surface area (Å²) in [5.74, 6) is 0. The Morgan fingerprint density at radius 3 is 2.53 bits per heavy atom. The average molecular weight is 281 g/mol. The van der Waals surface area contributed by atoms with Crippen LogP contribution in [0, 0.1) is 0 Å². The van der Waals surface area contributed by atoms with E-state index in [2.05, 4.69) is 53.5 Å². The van der Waals surface area contributed by atoms with E-state index >= 15 is 0 Å². The minimum atomic E-state index is -0.990. The molecule has 0 aromatic rings. The van der Waals surface area contributed by atoms with Crippen LogP contribution < -0.4 is 0 Å². The second kappa shape index (κ2) is 4.83. The molecule has 0 N–H and O–H groups in total. The van der Waals surface area contributed by atoms with Crippen LogP contribution in [0.2, 0.25) is 28.9 Å². The van der Waals surface area contributed by atoms with E-state index in [1.54, 1.807) is 16.7 Å². The fraction of sp³-hybridized carbons (Fsp3) is 0.733. The van der Waals surface area contributed by atoms with E-state index in [1.807, 2.05) is 0 Å². The second-order valence-electron chi connectivity index (χ2n) is 6.70. The van der Waals surface area contributed by atoms with Gasteiger partial charge in [-0.1, -0.05) is 0 Å². The van der Waals surface area contributed by atoms with E-state index in [4.69, 9.17) is 0 Å². The van der Waals surface area contributed by atoms with Gasteiger partial charge in [-0.15, -0.1) is 0 Å². The van der Waals surface area contributed by atoms with Crippen LogP contribution in [0.4, 0.5) is 0 Å². The molecule has 0 aromatic carbocycles. The van der Waals surface area contributed by atoms with Crippen molar-refractivity contribution >= 4 is 8.07 Å². The molecule has 17 heavy (non-hydrogen) atoms. The minimum absolute atomic E-state index is 0.384. The first kappa shape index (κ1) is 13.8. The van der Waals surface area contributed by atoms with E-state index in [0.717, 1.165) is 0 Å². The van der Waals surface area contributed by atoms with Gasteiger partial charge in [0.25, 0.3) is 0 Å². The molecule has 93 valence electrons. The summed E-state index contributed by atoms with van der Waals surface area (Å²) in [5.41, 5.74) is 5.24. The quantitative estimate of drug-likeness (QED) is 0.620. The number of allylic oxidation sites excluding steroid dienone is 4. The van der Waals surface area contributed by atoms with Crippen LogP contribution in [0.25, 0.3) is 0 Å². The molecule has 0 aromatic heterocycles. The van der Waals surface area contributed by atoms with Crippen LogP contribution in [-0.2, 0) is 20.4 Å². The first-order chi connectivity index (χ1) is 7.87. The van der Waals surface area contributed by atoms with Crippen molar-refractivity contribution in [3.05, 3.63) is 22.8 Å². The molecule has 2 aliphatic rings. The van der Waals surface area contributed by atoms with Gasteiger partial charge in [0.15, 0.2) is 0 Å². The van der Waals surface area contributed by atoms with Gasteiger partial charge in [0, 0.05) is 0 Å². The van der Waals surface area contributed by atoms with Gasteiger partial charge in [-0.25, -0.2) is 0 Å². The third kappa shape index (κ3) is 2.72. The molecule has 2 aliphatic carbocycles. The molecular weight excluding hydrogens is 256 g/mol. The molecular formula is C15H25SiTi. The standard InChI is InChI=1S/C15H25Si.Ti/c1-5-16(3,4)11-14-10-13-8-6-7-9-15(13)12(14)2;/h10H,5-9,11H2,1-4H3;. The van der Waals surface area contributed by atoms with E-state index in [1.165, 1.54) is 37.8 Å². The van der Waals surface area contributed by atoms with Crippen LogP contribution in [0.1, 0.15) is 39.5 Å². The second-order valence-corrected chi connectivity index (χ2v) is 13.7. The van der Waals surface area contributed by atoms with Crippen molar-refractivity contribution in [3.8, 4) is 0 Å². The van der Waals surface area contributed by atoms with Gasteiger partial charge >= 0.3 is 120 Å². The zero-order valence-electron chi connectivity index (χ0n) is 11.8. The molecule has 0 saturated heterocycles. The molecule has 0 spiro atoms. The summed E-state index contributed by atoms with van der Waals surface area (Å²) in [6.07, 6.45) is 8.11. The molecule has 0 aliphatic heterocycles. The van der Waals surface area contributed by atoms with Crippen LogP contribution >= 0.6 is 0 Å². The molecule has 0 heterocycles. The summed E-state index contributed by atoms with van der Waals surface area (Å²) in [6.45, 7) is 9.93. The summed E-state index contributed by atoms with van der Waals surface area (Å²) in [4.78, 5) is 0. The first-order valence-electron chi connectivity index (χ1n) is 7.05. The molecule has 0 nitrogen and oxygen atoms in total. The summed E-state index contributed by atoms with van der Waals surface area (Å²) in [7, 11) is -0.990. The van der Waals surface area contributed by atoms with Gasteiger partial charge in [0.1, 0.15) is 0 Å². The van der Waals surface area contributed by atoms with Crippen LogP contribution in [0.5, 0.6) is 0 Å². The number of hydrogen-bond donors (Lipinski definition) is 0. The van der Waals surface area contributed by atoms with Gasteiger partial charge in [-0.05, 0) is 0 Å². The molecule has 2 heteroatoms. The maximum absolute atomic E-state index is 2.58. The fourth-order valence-corrected chi connectivity index (χ4v) is 5.79. The van der Waals surface area contributed by atoms with Crippen molar-refractivity contribution < 1.29 is 20.4 Å².